The number of amides is 1. The van der Waals surface area contributed by atoms with Crippen molar-refractivity contribution in [2.24, 2.45) is 0 Å². The molecule has 2 aromatic carbocycles. The maximum Gasteiger partial charge on any atom is 0.258 e. The summed E-state index contributed by atoms with van der Waals surface area (Å²) < 4.78 is 0. The topological polar surface area (TPSA) is 70.2 Å². The summed E-state index contributed by atoms with van der Waals surface area (Å²) in [5.74, 6) is 0.208. The second-order valence-corrected chi connectivity index (χ2v) is 6.63. The summed E-state index contributed by atoms with van der Waals surface area (Å²) in [6.07, 6.45) is 3.03. The van der Waals surface area contributed by atoms with Crippen molar-refractivity contribution in [1.82, 2.24) is 9.97 Å². The lowest BCUT2D eigenvalue weighted by Gasteiger charge is -2.13. The molecular formula is C21H23N5O. The first kappa shape index (κ1) is 18.4. The van der Waals surface area contributed by atoms with E-state index in [1.807, 2.05) is 75.3 Å². The van der Waals surface area contributed by atoms with E-state index in [1.165, 1.54) is 12.4 Å². The van der Waals surface area contributed by atoms with Gasteiger partial charge in [-0.2, -0.15) is 0 Å². The Labute approximate surface area is 159 Å². The van der Waals surface area contributed by atoms with E-state index in [9.17, 15) is 4.79 Å². The fourth-order valence-electron chi connectivity index (χ4n) is 2.63. The molecule has 6 heteroatoms. The van der Waals surface area contributed by atoms with Gasteiger partial charge in [0.2, 0.25) is 5.95 Å². The predicted octanol–water partition coefficient (Wildman–Crippen LogP) is 4.16. The molecule has 0 atom stereocenters. The van der Waals surface area contributed by atoms with Crippen LogP contribution in [0.4, 0.5) is 23.0 Å². The van der Waals surface area contributed by atoms with Crippen LogP contribution in [0.15, 0.2) is 54.9 Å². The number of aromatic nitrogens is 2. The van der Waals surface area contributed by atoms with Gasteiger partial charge in [-0.25, -0.2) is 9.97 Å². The van der Waals surface area contributed by atoms with E-state index in [2.05, 4.69) is 20.6 Å². The standard InChI is InChI=1S/C21H23N5O/c1-14-5-10-19(15(2)11-14)25-20(27)16-12-22-21(23-13-16)24-17-6-8-18(9-7-17)26(3)4/h5-13H,1-4H3,(H,25,27)(H,22,23,24). The first-order chi connectivity index (χ1) is 12.9. The molecule has 3 aromatic rings. The van der Waals surface area contributed by atoms with E-state index < -0.39 is 0 Å². The smallest absolute Gasteiger partial charge is 0.258 e. The highest BCUT2D eigenvalue weighted by atomic mass is 16.1. The number of hydrogen-bond donors (Lipinski definition) is 2. The quantitative estimate of drug-likeness (QED) is 0.714. The van der Waals surface area contributed by atoms with E-state index in [0.29, 0.717) is 11.5 Å². The Balaban J connectivity index is 1.66. The number of carbonyl (C=O) groups excluding carboxylic acids is 1. The van der Waals surface area contributed by atoms with Crippen LogP contribution in [-0.2, 0) is 0 Å². The van der Waals surface area contributed by atoms with Crippen molar-refractivity contribution in [3.63, 3.8) is 0 Å². The third-order valence-electron chi connectivity index (χ3n) is 4.18. The highest BCUT2D eigenvalue weighted by Crippen LogP contribution is 2.19. The second kappa shape index (κ2) is 7.86. The van der Waals surface area contributed by atoms with Crippen LogP contribution in [0.3, 0.4) is 0 Å². The van der Waals surface area contributed by atoms with E-state index in [-0.39, 0.29) is 5.91 Å². The zero-order valence-corrected chi connectivity index (χ0v) is 15.9. The Hall–Kier alpha value is -3.41. The number of hydrogen-bond acceptors (Lipinski definition) is 5. The third kappa shape index (κ3) is 4.61. The van der Waals surface area contributed by atoms with Crippen LogP contribution < -0.4 is 15.5 Å². The fourth-order valence-corrected chi connectivity index (χ4v) is 2.63. The second-order valence-electron chi connectivity index (χ2n) is 6.63. The van der Waals surface area contributed by atoms with Gasteiger partial charge in [-0.3, -0.25) is 4.79 Å². The summed E-state index contributed by atoms with van der Waals surface area (Å²) in [5.41, 5.74) is 5.36. The normalized spacial score (nSPS) is 10.4. The molecule has 27 heavy (non-hydrogen) atoms. The summed E-state index contributed by atoms with van der Waals surface area (Å²) in [6, 6.07) is 13.8. The molecule has 0 aliphatic heterocycles. The van der Waals surface area contributed by atoms with Crippen LogP contribution in [0.5, 0.6) is 0 Å². The van der Waals surface area contributed by atoms with Crippen LogP contribution >= 0.6 is 0 Å². The molecule has 1 heterocycles. The van der Waals surface area contributed by atoms with Crippen molar-refractivity contribution in [3.05, 3.63) is 71.5 Å². The summed E-state index contributed by atoms with van der Waals surface area (Å²) >= 11 is 0. The molecule has 0 bridgehead atoms. The number of nitrogens with one attached hydrogen (secondary N) is 2. The number of rotatable bonds is 5. The molecule has 1 aromatic heterocycles. The number of benzene rings is 2. The lowest BCUT2D eigenvalue weighted by molar-refractivity contribution is 0.102. The molecule has 6 nitrogen and oxygen atoms in total. The number of aryl methyl sites for hydroxylation is 2. The Bertz CT molecular complexity index is 934. The lowest BCUT2D eigenvalue weighted by Crippen LogP contribution is -2.14. The predicted molar refractivity (Wildman–Crippen MR) is 110 cm³/mol. The summed E-state index contributed by atoms with van der Waals surface area (Å²) in [5, 5.41) is 6.02. The average Bonchev–Trinajstić information content (AvgIpc) is 2.65. The van der Waals surface area contributed by atoms with Gasteiger partial charge < -0.3 is 15.5 Å². The van der Waals surface area contributed by atoms with Crippen molar-refractivity contribution < 1.29 is 4.79 Å². The SMILES string of the molecule is Cc1ccc(NC(=O)c2cnc(Nc3ccc(N(C)C)cc3)nc2)c(C)c1. The number of anilines is 4. The van der Waals surface area contributed by atoms with Gasteiger partial charge in [0.05, 0.1) is 5.56 Å². The van der Waals surface area contributed by atoms with Gasteiger partial charge in [0.25, 0.3) is 5.91 Å². The maximum atomic E-state index is 12.4. The molecule has 138 valence electrons. The maximum absolute atomic E-state index is 12.4. The van der Waals surface area contributed by atoms with E-state index in [4.69, 9.17) is 0 Å². The Morgan fingerprint density at radius 1 is 0.963 bits per heavy atom. The third-order valence-corrected chi connectivity index (χ3v) is 4.18. The van der Waals surface area contributed by atoms with Crippen molar-refractivity contribution in [2.45, 2.75) is 13.8 Å². The molecule has 0 aliphatic carbocycles. The number of carbonyl (C=O) groups is 1. The van der Waals surface area contributed by atoms with Gasteiger partial charge in [-0.1, -0.05) is 17.7 Å². The molecule has 2 N–H and O–H groups in total. The highest BCUT2D eigenvalue weighted by Gasteiger charge is 2.09. The molecule has 0 saturated carbocycles. The summed E-state index contributed by atoms with van der Waals surface area (Å²) in [6.45, 7) is 3.99. The fraction of sp³-hybridized carbons (Fsp3) is 0.190. The minimum absolute atomic E-state index is 0.233. The zero-order chi connectivity index (χ0) is 19.4. The van der Waals surface area contributed by atoms with Gasteiger partial charge in [-0.05, 0) is 49.7 Å². The molecule has 0 spiro atoms. The molecule has 0 radical (unpaired) electrons. The molecule has 0 aliphatic rings. The monoisotopic (exact) mass is 361 g/mol. The number of nitrogens with zero attached hydrogens (tertiary/aromatic N) is 3. The van der Waals surface area contributed by atoms with Crippen LogP contribution in [0, 0.1) is 13.8 Å². The van der Waals surface area contributed by atoms with Crippen molar-refractivity contribution in [2.75, 3.05) is 29.6 Å². The lowest BCUT2D eigenvalue weighted by atomic mass is 10.1. The van der Waals surface area contributed by atoms with E-state index in [0.717, 1.165) is 28.2 Å². The zero-order valence-electron chi connectivity index (χ0n) is 15.9. The molecular weight excluding hydrogens is 338 g/mol. The summed E-state index contributed by atoms with van der Waals surface area (Å²) in [7, 11) is 3.99. The Morgan fingerprint density at radius 3 is 2.22 bits per heavy atom. The first-order valence-electron chi connectivity index (χ1n) is 8.67. The largest absolute Gasteiger partial charge is 0.378 e. The van der Waals surface area contributed by atoms with Crippen LogP contribution in [-0.4, -0.2) is 30.0 Å². The van der Waals surface area contributed by atoms with Crippen LogP contribution in [0.2, 0.25) is 0 Å². The average molecular weight is 361 g/mol. The van der Waals surface area contributed by atoms with Gasteiger partial charge in [0, 0.05) is 43.6 Å². The molecule has 1 amide bonds. The first-order valence-corrected chi connectivity index (χ1v) is 8.67. The van der Waals surface area contributed by atoms with E-state index in [1.54, 1.807) is 0 Å². The molecule has 0 fully saturated rings. The van der Waals surface area contributed by atoms with Gasteiger partial charge in [0.1, 0.15) is 0 Å². The van der Waals surface area contributed by atoms with Crippen LogP contribution in [0.25, 0.3) is 0 Å². The minimum Gasteiger partial charge on any atom is -0.378 e. The highest BCUT2D eigenvalue weighted by molar-refractivity contribution is 6.04. The molecule has 3 rings (SSSR count). The Kier molecular flexibility index (Phi) is 5.35. The van der Waals surface area contributed by atoms with Crippen LogP contribution in [0.1, 0.15) is 21.5 Å². The van der Waals surface area contributed by atoms with E-state index >= 15 is 0 Å². The minimum atomic E-state index is -0.233. The summed E-state index contributed by atoms with van der Waals surface area (Å²) in [4.78, 5) is 22.9. The molecule has 0 saturated heterocycles. The van der Waals surface area contributed by atoms with Gasteiger partial charge in [0.15, 0.2) is 0 Å². The van der Waals surface area contributed by atoms with Gasteiger partial charge in [-0.15, -0.1) is 0 Å². The van der Waals surface area contributed by atoms with Crippen molar-refractivity contribution >= 4 is 28.9 Å². The van der Waals surface area contributed by atoms with Crippen molar-refractivity contribution in [3.8, 4) is 0 Å². The Morgan fingerprint density at radius 2 is 1.63 bits per heavy atom. The van der Waals surface area contributed by atoms with Gasteiger partial charge >= 0.3 is 0 Å². The molecule has 0 unspecified atom stereocenters. The van der Waals surface area contributed by atoms with Crippen molar-refractivity contribution in [1.29, 1.82) is 0 Å².